The van der Waals surface area contributed by atoms with E-state index in [0.717, 1.165) is 49.3 Å². The minimum absolute atomic E-state index is 0.128. The third-order valence-electron chi connectivity index (χ3n) is 5.15. The largest absolute Gasteiger partial charge is 0.334 e. The molecule has 6 heteroatoms. The van der Waals surface area contributed by atoms with Crippen LogP contribution in [0.2, 0.25) is 0 Å². The average molecular weight is 329 g/mol. The van der Waals surface area contributed by atoms with Crippen molar-refractivity contribution < 1.29 is 4.79 Å². The number of rotatable bonds is 4. The zero-order chi connectivity index (χ0) is 17.3. The number of piperidine rings is 1. The SMILES string of the molecule is Cc1nn(C)c(C)c1CCC(=O)N1CCCCC1c1ccn(C)n1. The molecule has 3 heterocycles. The van der Waals surface area contributed by atoms with Crippen LogP contribution in [0.25, 0.3) is 0 Å². The van der Waals surface area contributed by atoms with Crippen LogP contribution in [0, 0.1) is 13.8 Å². The summed E-state index contributed by atoms with van der Waals surface area (Å²) in [7, 11) is 3.88. The first-order valence-corrected chi connectivity index (χ1v) is 8.75. The number of hydrogen-bond donors (Lipinski definition) is 0. The van der Waals surface area contributed by atoms with Gasteiger partial charge in [0, 0.05) is 39.0 Å². The maximum atomic E-state index is 12.9. The Morgan fingerprint density at radius 2 is 2.04 bits per heavy atom. The molecule has 130 valence electrons. The third kappa shape index (κ3) is 3.23. The van der Waals surface area contributed by atoms with Crippen LogP contribution < -0.4 is 0 Å². The molecular weight excluding hydrogens is 302 g/mol. The third-order valence-corrected chi connectivity index (χ3v) is 5.15. The Balaban J connectivity index is 1.70. The van der Waals surface area contributed by atoms with E-state index in [1.165, 1.54) is 5.56 Å². The van der Waals surface area contributed by atoms with Crippen molar-refractivity contribution in [3.63, 3.8) is 0 Å². The van der Waals surface area contributed by atoms with E-state index in [2.05, 4.69) is 17.1 Å². The Hall–Kier alpha value is -2.11. The second-order valence-electron chi connectivity index (χ2n) is 6.79. The Bertz CT molecular complexity index is 730. The number of aromatic nitrogens is 4. The molecule has 6 nitrogen and oxygen atoms in total. The molecule has 2 aromatic rings. The standard InChI is InChI=1S/C18H27N5O/c1-13-15(14(2)22(4)19-13)8-9-18(24)23-11-6-5-7-17(23)16-10-12-21(3)20-16/h10,12,17H,5-9,11H2,1-4H3. The number of carbonyl (C=O) groups excluding carboxylic acids is 1. The lowest BCUT2D eigenvalue weighted by atomic mass is 9.98. The lowest BCUT2D eigenvalue weighted by molar-refractivity contribution is -0.135. The number of hydrogen-bond acceptors (Lipinski definition) is 3. The zero-order valence-corrected chi connectivity index (χ0v) is 15.1. The van der Waals surface area contributed by atoms with E-state index in [9.17, 15) is 4.79 Å². The van der Waals surface area contributed by atoms with Gasteiger partial charge in [-0.15, -0.1) is 0 Å². The molecule has 1 aliphatic rings. The molecule has 0 spiro atoms. The minimum Gasteiger partial charge on any atom is -0.334 e. The molecular formula is C18H27N5O. The molecule has 2 aromatic heterocycles. The lowest BCUT2D eigenvalue weighted by Gasteiger charge is -2.35. The molecule has 0 bridgehead atoms. The fraction of sp³-hybridized carbons (Fsp3) is 0.611. The van der Waals surface area contributed by atoms with Gasteiger partial charge in [0.15, 0.2) is 0 Å². The van der Waals surface area contributed by atoms with Gasteiger partial charge in [-0.3, -0.25) is 14.2 Å². The summed E-state index contributed by atoms with van der Waals surface area (Å²) in [5.74, 6) is 0.230. The molecule has 1 amide bonds. The van der Waals surface area contributed by atoms with Gasteiger partial charge in [-0.25, -0.2) is 0 Å². The molecule has 24 heavy (non-hydrogen) atoms. The van der Waals surface area contributed by atoms with Gasteiger partial charge in [0.2, 0.25) is 5.91 Å². The van der Waals surface area contributed by atoms with Crippen LogP contribution in [-0.4, -0.2) is 36.9 Å². The first kappa shape index (κ1) is 16.7. The quantitative estimate of drug-likeness (QED) is 0.866. The topological polar surface area (TPSA) is 56.0 Å². The Labute approximate surface area is 143 Å². The van der Waals surface area contributed by atoms with E-state index >= 15 is 0 Å². The molecule has 1 unspecified atom stereocenters. The summed E-state index contributed by atoms with van der Waals surface area (Å²) in [4.78, 5) is 14.9. The van der Waals surface area contributed by atoms with Gasteiger partial charge < -0.3 is 4.90 Å². The summed E-state index contributed by atoms with van der Waals surface area (Å²) in [5, 5.41) is 8.97. The number of amides is 1. The predicted molar refractivity (Wildman–Crippen MR) is 92.5 cm³/mol. The summed E-state index contributed by atoms with van der Waals surface area (Å²) in [5.41, 5.74) is 4.40. The van der Waals surface area contributed by atoms with E-state index in [1.54, 1.807) is 0 Å². The fourth-order valence-electron chi connectivity index (χ4n) is 3.70. The maximum absolute atomic E-state index is 12.9. The summed E-state index contributed by atoms with van der Waals surface area (Å²) in [6.07, 6.45) is 6.50. The summed E-state index contributed by atoms with van der Waals surface area (Å²) < 4.78 is 3.71. The zero-order valence-electron chi connectivity index (χ0n) is 15.1. The smallest absolute Gasteiger partial charge is 0.223 e. The highest BCUT2D eigenvalue weighted by Gasteiger charge is 2.29. The highest BCUT2D eigenvalue weighted by atomic mass is 16.2. The molecule has 0 radical (unpaired) electrons. The predicted octanol–water partition coefficient (Wildman–Crippen LogP) is 2.46. The number of nitrogens with zero attached hydrogens (tertiary/aromatic N) is 5. The van der Waals surface area contributed by atoms with Crippen molar-refractivity contribution in [2.45, 2.75) is 52.0 Å². The van der Waals surface area contributed by atoms with E-state index < -0.39 is 0 Å². The van der Waals surface area contributed by atoms with Crippen LogP contribution >= 0.6 is 0 Å². The van der Waals surface area contributed by atoms with Crippen LogP contribution in [-0.2, 0) is 25.3 Å². The Morgan fingerprint density at radius 3 is 2.67 bits per heavy atom. The summed E-state index contributed by atoms with van der Waals surface area (Å²) in [6, 6.07) is 2.16. The average Bonchev–Trinajstić information content (AvgIpc) is 3.10. The normalized spacial score (nSPS) is 18.2. The highest BCUT2D eigenvalue weighted by molar-refractivity contribution is 5.77. The monoisotopic (exact) mass is 329 g/mol. The van der Waals surface area contributed by atoms with E-state index in [-0.39, 0.29) is 11.9 Å². The van der Waals surface area contributed by atoms with Crippen molar-refractivity contribution in [3.05, 3.63) is 34.9 Å². The van der Waals surface area contributed by atoms with Crippen molar-refractivity contribution in [1.29, 1.82) is 0 Å². The van der Waals surface area contributed by atoms with E-state index in [1.807, 2.05) is 47.5 Å². The second kappa shape index (κ2) is 6.79. The molecule has 3 rings (SSSR count). The molecule has 0 aromatic carbocycles. The first-order valence-electron chi connectivity index (χ1n) is 8.75. The molecule has 0 N–H and O–H groups in total. The molecule has 1 atom stereocenters. The molecule has 1 aliphatic heterocycles. The van der Waals surface area contributed by atoms with Crippen molar-refractivity contribution in [2.24, 2.45) is 14.1 Å². The first-order chi connectivity index (χ1) is 11.5. The highest BCUT2D eigenvalue weighted by Crippen LogP contribution is 2.30. The van der Waals surface area contributed by atoms with Gasteiger partial charge in [0.1, 0.15) is 0 Å². The number of likely N-dealkylation sites (tertiary alicyclic amines) is 1. The van der Waals surface area contributed by atoms with Crippen molar-refractivity contribution >= 4 is 5.91 Å². The molecule has 0 aliphatic carbocycles. The van der Waals surface area contributed by atoms with Crippen LogP contribution in [0.5, 0.6) is 0 Å². The Morgan fingerprint density at radius 1 is 1.25 bits per heavy atom. The van der Waals surface area contributed by atoms with Crippen LogP contribution in [0.4, 0.5) is 0 Å². The summed E-state index contributed by atoms with van der Waals surface area (Å²) >= 11 is 0. The van der Waals surface area contributed by atoms with Gasteiger partial charge in [-0.2, -0.15) is 10.2 Å². The van der Waals surface area contributed by atoms with Crippen LogP contribution in [0.3, 0.4) is 0 Å². The fourth-order valence-corrected chi connectivity index (χ4v) is 3.70. The van der Waals surface area contributed by atoms with Gasteiger partial charge in [0.05, 0.1) is 17.4 Å². The van der Waals surface area contributed by atoms with Gasteiger partial charge in [-0.05, 0) is 51.2 Å². The summed E-state index contributed by atoms with van der Waals surface area (Å²) in [6.45, 7) is 4.92. The van der Waals surface area contributed by atoms with Crippen LogP contribution in [0.15, 0.2) is 12.3 Å². The van der Waals surface area contributed by atoms with E-state index in [4.69, 9.17) is 0 Å². The lowest BCUT2D eigenvalue weighted by Crippen LogP contribution is -2.38. The van der Waals surface area contributed by atoms with Crippen LogP contribution in [0.1, 0.15) is 54.4 Å². The van der Waals surface area contributed by atoms with Crippen molar-refractivity contribution in [1.82, 2.24) is 24.5 Å². The van der Waals surface area contributed by atoms with Crippen molar-refractivity contribution in [2.75, 3.05) is 6.54 Å². The number of carbonyl (C=O) groups is 1. The van der Waals surface area contributed by atoms with E-state index in [0.29, 0.717) is 6.42 Å². The Kier molecular flexibility index (Phi) is 4.73. The van der Waals surface area contributed by atoms with Gasteiger partial charge >= 0.3 is 0 Å². The number of aryl methyl sites for hydroxylation is 3. The molecule has 1 saturated heterocycles. The van der Waals surface area contributed by atoms with Gasteiger partial charge in [-0.1, -0.05) is 0 Å². The van der Waals surface area contributed by atoms with Gasteiger partial charge in [0.25, 0.3) is 0 Å². The molecule has 0 saturated carbocycles. The maximum Gasteiger partial charge on any atom is 0.223 e. The van der Waals surface area contributed by atoms with Crippen molar-refractivity contribution in [3.8, 4) is 0 Å². The molecule has 1 fully saturated rings. The second-order valence-corrected chi connectivity index (χ2v) is 6.79. The minimum atomic E-state index is 0.128.